The molecule has 0 aromatic carbocycles. The van der Waals surface area contributed by atoms with E-state index in [1.165, 1.54) is 0 Å². The molecular weight excluding hydrogens is 216 g/mol. The van der Waals surface area contributed by atoms with Gasteiger partial charge < -0.3 is 10.2 Å². The van der Waals surface area contributed by atoms with Gasteiger partial charge in [-0.15, -0.1) is 0 Å². The first-order valence-electron chi connectivity index (χ1n) is 6.06. The molecule has 1 amide bonds. The number of aromatic nitrogens is 2. The van der Waals surface area contributed by atoms with E-state index in [1.807, 2.05) is 11.8 Å². The van der Waals surface area contributed by atoms with Gasteiger partial charge in [-0.1, -0.05) is 0 Å². The summed E-state index contributed by atoms with van der Waals surface area (Å²) < 4.78 is 0. The molecule has 2 aliphatic heterocycles. The molecule has 5 nitrogen and oxygen atoms in total. The summed E-state index contributed by atoms with van der Waals surface area (Å²) in [5, 5.41) is 3.34. The van der Waals surface area contributed by atoms with E-state index in [9.17, 15) is 4.79 Å². The van der Waals surface area contributed by atoms with Crippen LogP contribution in [0.3, 0.4) is 0 Å². The Hall–Kier alpha value is -1.49. The van der Waals surface area contributed by atoms with E-state index in [2.05, 4.69) is 15.3 Å². The van der Waals surface area contributed by atoms with E-state index in [4.69, 9.17) is 0 Å². The molecule has 3 heterocycles. The van der Waals surface area contributed by atoms with Gasteiger partial charge in [0.05, 0.1) is 11.9 Å². The third-order valence-electron chi connectivity index (χ3n) is 3.71. The summed E-state index contributed by atoms with van der Waals surface area (Å²) in [4.78, 5) is 22.5. The fourth-order valence-electron chi connectivity index (χ4n) is 2.75. The Morgan fingerprint density at radius 1 is 1.41 bits per heavy atom. The highest BCUT2D eigenvalue weighted by Gasteiger charge is 2.40. The molecule has 3 rings (SSSR count). The number of nitrogens with zero attached hydrogens (tertiary/aromatic N) is 3. The lowest BCUT2D eigenvalue weighted by atomic mass is 10.1. The zero-order chi connectivity index (χ0) is 11.8. The Morgan fingerprint density at radius 3 is 3.06 bits per heavy atom. The summed E-state index contributed by atoms with van der Waals surface area (Å²) in [5.41, 5.74) is 1.30. The van der Waals surface area contributed by atoms with Crippen molar-refractivity contribution in [2.45, 2.75) is 19.4 Å². The van der Waals surface area contributed by atoms with Crippen LogP contribution in [0.1, 0.15) is 22.6 Å². The Kier molecular flexibility index (Phi) is 2.55. The predicted molar refractivity (Wildman–Crippen MR) is 62.6 cm³/mol. The van der Waals surface area contributed by atoms with Crippen LogP contribution in [0.15, 0.2) is 12.4 Å². The summed E-state index contributed by atoms with van der Waals surface area (Å²) in [7, 11) is 0. The number of amides is 1. The molecule has 2 atom stereocenters. The van der Waals surface area contributed by atoms with Gasteiger partial charge >= 0.3 is 0 Å². The lowest BCUT2D eigenvalue weighted by Crippen LogP contribution is -2.39. The molecule has 2 fully saturated rings. The van der Waals surface area contributed by atoms with E-state index < -0.39 is 0 Å². The second-order valence-electron chi connectivity index (χ2n) is 4.82. The molecule has 5 heteroatoms. The minimum atomic E-state index is 0.0219. The average molecular weight is 232 g/mol. The van der Waals surface area contributed by atoms with Crippen molar-refractivity contribution in [3.05, 3.63) is 23.8 Å². The summed E-state index contributed by atoms with van der Waals surface area (Å²) in [6.07, 6.45) is 4.32. The van der Waals surface area contributed by atoms with Crippen molar-refractivity contribution in [1.29, 1.82) is 0 Å². The zero-order valence-electron chi connectivity index (χ0n) is 9.89. The fourth-order valence-corrected chi connectivity index (χ4v) is 2.75. The van der Waals surface area contributed by atoms with Gasteiger partial charge in [-0.3, -0.25) is 9.78 Å². The number of nitrogens with one attached hydrogen (secondary N) is 1. The first kappa shape index (κ1) is 10.7. The third kappa shape index (κ3) is 1.80. The van der Waals surface area contributed by atoms with Crippen molar-refractivity contribution in [3.8, 4) is 0 Å². The second-order valence-corrected chi connectivity index (χ2v) is 4.82. The molecule has 0 aliphatic carbocycles. The van der Waals surface area contributed by atoms with Crippen LogP contribution in [0.25, 0.3) is 0 Å². The number of hydrogen-bond donors (Lipinski definition) is 1. The van der Waals surface area contributed by atoms with Gasteiger partial charge in [-0.25, -0.2) is 4.98 Å². The number of rotatable bonds is 1. The molecule has 0 radical (unpaired) electrons. The van der Waals surface area contributed by atoms with E-state index in [0.717, 1.165) is 31.7 Å². The average Bonchev–Trinajstić information content (AvgIpc) is 2.90. The Balaban J connectivity index is 1.80. The number of likely N-dealkylation sites (tertiary alicyclic amines) is 1. The zero-order valence-corrected chi connectivity index (χ0v) is 9.89. The smallest absolute Gasteiger partial charge is 0.274 e. The highest BCUT2D eigenvalue weighted by atomic mass is 16.2. The van der Waals surface area contributed by atoms with Crippen LogP contribution in [0.5, 0.6) is 0 Å². The van der Waals surface area contributed by atoms with Crippen LogP contribution in [-0.2, 0) is 0 Å². The second kappa shape index (κ2) is 4.07. The number of aryl methyl sites for hydroxylation is 1. The first-order valence-corrected chi connectivity index (χ1v) is 6.06. The molecule has 2 saturated heterocycles. The lowest BCUT2D eigenvalue weighted by molar-refractivity contribution is 0.0730. The molecule has 2 aliphatic rings. The normalized spacial score (nSPS) is 27.2. The molecule has 0 saturated carbocycles. The number of hydrogen-bond acceptors (Lipinski definition) is 4. The lowest BCUT2D eigenvalue weighted by Gasteiger charge is -2.22. The highest BCUT2D eigenvalue weighted by molar-refractivity contribution is 5.92. The van der Waals surface area contributed by atoms with Crippen LogP contribution in [0, 0.1) is 12.8 Å². The van der Waals surface area contributed by atoms with E-state index in [1.54, 1.807) is 12.4 Å². The van der Waals surface area contributed by atoms with E-state index >= 15 is 0 Å². The Morgan fingerprint density at radius 2 is 2.29 bits per heavy atom. The predicted octanol–water partition coefficient (Wildman–Crippen LogP) is 0.219. The van der Waals surface area contributed by atoms with Crippen LogP contribution in [-0.4, -0.2) is 46.5 Å². The van der Waals surface area contributed by atoms with Crippen molar-refractivity contribution in [3.63, 3.8) is 0 Å². The largest absolute Gasteiger partial charge is 0.333 e. The van der Waals surface area contributed by atoms with Crippen LogP contribution in [0.2, 0.25) is 0 Å². The third-order valence-corrected chi connectivity index (χ3v) is 3.71. The van der Waals surface area contributed by atoms with Crippen molar-refractivity contribution >= 4 is 5.91 Å². The molecule has 17 heavy (non-hydrogen) atoms. The van der Waals surface area contributed by atoms with Gasteiger partial charge in [-0.05, 0) is 19.3 Å². The molecular formula is C12H16N4O. The molecule has 1 N–H and O–H groups in total. The molecule has 0 unspecified atom stereocenters. The fraction of sp³-hybridized carbons (Fsp3) is 0.583. The van der Waals surface area contributed by atoms with Gasteiger partial charge in [0.25, 0.3) is 5.91 Å². The molecule has 90 valence electrons. The SMILES string of the molecule is Cc1cnc(C(=O)N2CC[C@@H]3CNC[C@@H]32)cn1. The number of fused-ring (bicyclic) bond motifs is 1. The minimum absolute atomic E-state index is 0.0219. The van der Waals surface area contributed by atoms with Gasteiger partial charge in [0, 0.05) is 31.9 Å². The summed E-state index contributed by atoms with van der Waals surface area (Å²) in [5.74, 6) is 0.644. The van der Waals surface area contributed by atoms with Crippen LogP contribution >= 0.6 is 0 Å². The standard InChI is InChI=1S/C12H16N4O/c1-8-4-15-10(6-14-8)12(17)16-3-2-9-5-13-7-11(9)16/h4,6,9,11,13H,2-3,5,7H2,1H3/t9-,11+/m1/s1. The van der Waals surface area contributed by atoms with Gasteiger partial charge in [0.2, 0.25) is 0 Å². The first-order chi connectivity index (χ1) is 8.25. The van der Waals surface area contributed by atoms with Crippen LogP contribution < -0.4 is 5.32 Å². The van der Waals surface area contributed by atoms with Gasteiger partial charge in [0.1, 0.15) is 5.69 Å². The summed E-state index contributed by atoms with van der Waals surface area (Å²) >= 11 is 0. The Labute approximate surface area is 100 Å². The maximum absolute atomic E-state index is 12.3. The van der Waals surface area contributed by atoms with Crippen LogP contribution in [0.4, 0.5) is 0 Å². The van der Waals surface area contributed by atoms with Gasteiger partial charge in [-0.2, -0.15) is 0 Å². The van der Waals surface area contributed by atoms with Crippen molar-refractivity contribution in [1.82, 2.24) is 20.2 Å². The van der Waals surface area contributed by atoms with E-state index in [0.29, 0.717) is 17.7 Å². The molecule has 1 aromatic heterocycles. The summed E-state index contributed by atoms with van der Waals surface area (Å²) in [6.45, 7) is 4.67. The molecule has 0 bridgehead atoms. The molecule has 1 aromatic rings. The van der Waals surface area contributed by atoms with Crippen molar-refractivity contribution < 1.29 is 4.79 Å². The number of carbonyl (C=O) groups is 1. The van der Waals surface area contributed by atoms with Crippen molar-refractivity contribution in [2.75, 3.05) is 19.6 Å². The maximum Gasteiger partial charge on any atom is 0.274 e. The number of carbonyl (C=O) groups excluding carboxylic acids is 1. The maximum atomic E-state index is 12.3. The highest BCUT2D eigenvalue weighted by Crippen LogP contribution is 2.27. The monoisotopic (exact) mass is 232 g/mol. The van der Waals surface area contributed by atoms with E-state index in [-0.39, 0.29) is 5.91 Å². The topological polar surface area (TPSA) is 58.1 Å². The summed E-state index contributed by atoms with van der Waals surface area (Å²) in [6, 6.07) is 0.352. The van der Waals surface area contributed by atoms with Crippen molar-refractivity contribution in [2.24, 2.45) is 5.92 Å². The Bertz CT molecular complexity index is 431. The quantitative estimate of drug-likeness (QED) is 0.752. The van der Waals surface area contributed by atoms with Gasteiger partial charge in [0.15, 0.2) is 0 Å². The molecule has 0 spiro atoms. The minimum Gasteiger partial charge on any atom is -0.333 e.